The van der Waals surface area contributed by atoms with Crippen molar-refractivity contribution in [2.24, 2.45) is 0 Å². The van der Waals surface area contributed by atoms with E-state index in [1.54, 1.807) is 12.1 Å². The van der Waals surface area contributed by atoms with Crippen molar-refractivity contribution in [3.05, 3.63) is 45.4 Å². The van der Waals surface area contributed by atoms with Gasteiger partial charge in [-0.3, -0.25) is 0 Å². The minimum Gasteiger partial charge on any atom is -0.232 e. The highest BCUT2D eigenvalue weighted by atomic mass is 79.9. The van der Waals surface area contributed by atoms with Crippen LogP contribution in [0.15, 0.2) is 28.7 Å². The average Bonchev–Trinajstić information content (AvgIpc) is 2.36. The van der Waals surface area contributed by atoms with Gasteiger partial charge in [0.1, 0.15) is 11.0 Å². The summed E-state index contributed by atoms with van der Waals surface area (Å²) in [4.78, 5) is 8.66. The van der Waals surface area contributed by atoms with E-state index < -0.39 is 0 Å². The van der Waals surface area contributed by atoms with Gasteiger partial charge < -0.3 is 0 Å². The fourth-order valence-corrected chi connectivity index (χ4v) is 2.16. The van der Waals surface area contributed by atoms with Crippen molar-refractivity contribution >= 4 is 27.5 Å². The molecule has 0 amide bonds. The molecule has 0 aliphatic carbocycles. The highest BCUT2D eigenvalue weighted by Crippen LogP contribution is 2.27. The lowest BCUT2D eigenvalue weighted by Gasteiger charge is -2.07. The molecule has 1 aromatic carbocycles. The Kier molecular flexibility index (Phi) is 4.30. The smallest absolute Gasteiger partial charge is 0.161 e. The molecule has 0 N–H and O–H groups in total. The van der Waals surface area contributed by atoms with Crippen LogP contribution in [-0.4, -0.2) is 9.97 Å². The number of halogens is 3. The Bertz CT molecular complexity index is 558. The Hall–Kier alpha value is -1.00. The van der Waals surface area contributed by atoms with Gasteiger partial charge in [-0.15, -0.1) is 0 Å². The molecule has 0 saturated carbocycles. The van der Waals surface area contributed by atoms with E-state index >= 15 is 0 Å². The third-order valence-electron chi connectivity index (χ3n) is 2.47. The van der Waals surface area contributed by atoms with Crippen molar-refractivity contribution in [3.63, 3.8) is 0 Å². The van der Waals surface area contributed by atoms with E-state index in [9.17, 15) is 4.39 Å². The summed E-state index contributed by atoms with van der Waals surface area (Å²) in [5, 5.41) is 0.382. The molecule has 1 aromatic heterocycles. The van der Waals surface area contributed by atoms with Crippen LogP contribution < -0.4 is 0 Å². The first kappa shape index (κ1) is 13.4. The minimum absolute atomic E-state index is 0.282. The summed E-state index contributed by atoms with van der Waals surface area (Å²) in [6.45, 7) is 2.07. The summed E-state index contributed by atoms with van der Waals surface area (Å²) >= 11 is 9.45. The average molecular weight is 330 g/mol. The molecule has 0 atom stereocenters. The molecule has 0 radical (unpaired) electrons. The molecule has 2 aromatic rings. The van der Waals surface area contributed by atoms with Crippen molar-refractivity contribution in [1.82, 2.24) is 9.97 Å². The molecule has 18 heavy (non-hydrogen) atoms. The van der Waals surface area contributed by atoms with Crippen LogP contribution in [0.25, 0.3) is 11.4 Å². The molecular weight excluding hydrogens is 319 g/mol. The van der Waals surface area contributed by atoms with Gasteiger partial charge in [-0.25, -0.2) is 14.4 Å². The molecule has 5 heteroatoms. The summed E-state index contributed by atoms with van der Waals surface area (Å²) in [6.07, 6.45) is 1.78. The lowest BCUT2D eigenvalue weighted by molar-refractivity contribution is 0.628. The number of aryl methyl sites for hydroxylation is 1. The van der Waals surface area contributed by atoms with E-state index in [1.807, 2.05) is 0 Å². The van der Waals surface area contributed by atoms with E-state index in [0.717, 1.165) is 28.6 Å². The standard InChI is InChI=1S/C13H11BrClFN2/c1-2-3-10-11(14)12(15)18-13(17-10)8-4-6-9(16)7-5-8/h4-7H,2-3H2,1H3. The van der Waals surface area contributed by atoms with Crippen LogP contribution in [0.5, 0.6) is 0 Å². The number of rotatable bonds is 3. The van der Waals surface area contributed by atoms with Gasteiger partial charge in [-0.1, -0.05) is 24.9 Å². The quantitative estimate of drug-likeness (QED) is 0.766. The monoisotopic (exact) mass is 328 g/mol. The summed E-state index contributed by atoms with van der Waals surface area (Å²) < 4.78 is 13.6. The second-order valence-corrected chi connectivity index (χ2v) is 5.01. The number of benzene rings is 1. The van der Waals surface area contributed by atoms with Crippen molar-refractivity contribution in [3.8, 4) is 11.4 Å². The molecule has 0 fully saturated rings. The van der Waals surface area contributed by atoms with Crippen LogP contribution >= 0.6 is 27.5 Å². The number of hydrogen-bond donors (Lipinski definition) is 0. The maximum Gasteiger partial charge on any atom is 0.161 e. The molecule has 2 rings (SSSR count). The molecule has 0 unspecified atom stereocenters. The summed E-state index contributed by atoms with van der Waals surface area (Å²) in [5.41, 5.74) is 1.62. The largest absolute Gasteiger partial charge is 0.232 e. The number of hydrogen-bond acceptors (Lipinski definition) is 2. The first-order chi connectivity index (χ1) is 8.61. The van der Waals surface area contributed by atoms with Crippen molar-refractivity contribution < 1.29 is 4.39 Å². The zero-order chi connectivity index (χ0) is 13.1. The molecular formula is C13H11BrClFN2. The Morgan fingerprint density at radius 2 is 1.89 bits per heavy atom. The molecule has 94 valence electrons. The van der Waals surface area contributed by atoms with Crippen LogP contribution in [0.3, 0.4) is 0 Å². The predicted molar refractivity (Wildman–Crippen MR) is 74.1 cm³/mol. The Labute approximate surface area is 118 Å². The van der Waals surface area contributed by atoms with Gasteiger partial charge in [0, 0.05) is 5.56 Å². The second-order valence-electron chi connectivity index (χ2n) is 3.86. The highest BCUT2D eigenvalue weighted by Gasteiger charge is 2.11. The van der Waals surface area contributed by atoms with Crippen LogP contribution in [-0.2, 0) is 6.42 Å². The lowest BCUT2D eigenvalue weighted by Crippen LogP contribution is -1.98. The minimum atomic E-state index is -0.282. The van der Waals surface area contributed by atoms with Crippen LogP contribution in [0.2, 0.25) is 5.15 Å². The fraction of sp³-hybridized carbons (Fsp3) is 0.231. The summed E-state index contributed by atoms with van der Waals surface area (Å²) in [6, 6.07) is 6.05. The first-order valence-electron chi connectivity index (χ1n) is 5.59. The van der Waals surface area contributed by atoms with E-state index in [2.05, 4.69) is 32.8 Å². The maximum absolute atomic E-state index is 12.9. The van der Waals surface area contributed by atoms with Crippen LogP contribution in [0.1, 0.15) is 19.0 Å². The normalized spacial score (nSPS) is 10.7. The van der Waals surface area contributed by atoms with E-state index in [1.165, 1.54) is 12.1 Å². The highest BCUT2D eigenvalue weighted by molar-refractivity contribution is 9.10. The van der Waals surface area contributed by atoms with Crippen LogP contribution in [0.4, 0.5) is 4.39 Å². The molecule has 2 nitrogen and oxygen atoms in total. The SMILES string of the molecule is CCCc1nc(-c2ccc(F)cc2)nc(Cl)c1Br. The Balaban J connectivity index is 2.48. The molecule has 1 heterocycles. The van der Waals surface area contributed by atoms with Gasteiger partial charge >= 0.3 is 0 Å². The van der Waals surface area contributed by atoms with Crippen molar-refractivity contribution in [2.45, 2.75) is 19.8 Å². The third kappa shape index (κ3) is 2.87. The zero-order valence-corrected chi connectivity index (χ0v) is 12.1. The van der Waals surface area contributed by atoms with Gasteiger partial charge in [0.15, 0.2) is 5.82 Å². The van der Waals surface area contributed by atoms with E-state index in [0.29, 0.717) is 11.0 Å². The first-order valence-corrected chi connectivity index (χ1v) is 6.76. The fourth-order valence-electron chi connectivity index (χ4n) is 1.59. The topological polar surface area (TPSA) is 25.8 Å². The van der Waals surface area contributed by atoms with Crippen LogP contribution in [0, 0.1) is 5.82 Å². The van der Waals surface area contributed by atoms with Gasteiger partial charge in [-0.05, 0) is 46.6 Å². The molecule has 0 bridgehead atoms. The van der Waals surface area contributed by atoms with Gasteiger partial charge in [0.2, 0.25) is 0 Å². The summed E-state index contributed by atoms with van der Waals surface area (Å²) in [5.74, 6) is 0.238. The second kappa shape index (κ2) is 5.76. The van der Waals surface area contributed by atoms with Crippen molar-refractivity contribution in [2.75, 3.05) is 0 Å². The van der Waals surface area contributed by atoms with E-state index in [-0.39, 0.29) is 5.82 Å². The molecule has 0 saturated heterocycles. The third-order valence-corrected chi connectivity index (χ3v) is 3.80. The van der Waals surface area contributed by atoms with Crippen molar-refractivity contribution in [1.29, 1.82) is 0 Å². The number of aromatic nitrogens is 2. The van der Waals surface area contributed by atoms with Gasteiger partial charge in [0.25, 0.3) is 0 Å². The Morgan fingerprint density at radius 1 is 1.22 bits per heavy atom. The zero-order valence-electron chi connectivity index (χ0n) is 9.75. The van der Waals surface area contributed by atoms with E-state index in [4.69, 9.17) is 11.6 Å². The molecule has 0 aliphatic rings. The Morgan fingerprint density at radius 3 is 2.50 bits per heavy atom. The number of nitrogens with zero attached hydrogens (tertiary/aromatic N) is 2. The predicted octanol–water partition coefficient (Wildman–Crippen LogP) is 4.65. The molecule has 0 aliphatic heterocycles. The van der Waals surface area contributed by atoms with Gasteiger partial charge in [-0.2, -0.15) is 0 Å². The maximum atomic E-state index is 12.9. The molecule has 0 spiro atoms. The van der Waals surface area contributed by atoms with Gasteiger partial charge in [0.05, 0.1) is 10.2 Å². The lowest BCUT2D eigenvalue weighted by atomic mass is 10.2. The summed E-state index contributed by atoms with van der Waals surface area (Å²) in [7, 11) is 0.